The highest BCUT2D eigenvalue weighted by molar-refractivity contribution is 5.96. The van der Waals surface area contributed by atoms with Gasteiger partial charge in [0.05, 0.1) is 6.26 Å². The van der Waals surface area contributed by atoms with Crippen molar-refractivity contribution in [2.45, 2.75) is 20.8 Å². The molecule has 1 amide bonds. The van der Waals surface area contributed by atoms with Gasteiger partial charge in [0.2, 0.25) is 0 Å². The molecule has 1 aromatic heterocycles. The van der Waals surface area contributed by atoms with Gasteiger partial charge in [-0.05, 0) is 50.1 Å². The maximum Gasteiger partial charge on any atom is 0.277 e. The van der Waals surface area contributed by atoms with Crippen molar-refractivity contribution in [2.24, 2.45) is 5.10 Å². The summed E-state index contributed by atoms with van der Waals surface area (Å²) in [4.78, 5) is 11.7. The van der Waals surface area contributed by atoms with Crippen molar-refractivity contribution in [1.82, 2.24) is 5.43 Å². The second kappa shape index (κ2) is 6.74. The fraction of sp³-hybridized carbons (Fsp3) is 0.250. The van der Waals surface area contributed by atoms with Crippen LogP contribution >= 0.6 is 0 Å². The van der Waals surface area contributed by atoms with E-state index < -0.39 is 0 Å². The Labute approximate surface area is 123 Å². The Hall–Kier alpha value is -2.56. The molecule has 0 bridgehead atoms. The number of carbonyl (C=O) groups is 1. The average Bonchev–Trinajstić information content (AvgIpc) is 3.00. The maximum atomic E-state index is 11.7. The molecule has 2 rings (SSSR count). The second-order valence-electron chi connectivity index (χ2n) is 4.77. The summed E-state index contributed by atoms with van der Waals surface area (Å²) < 4.78 is 10.7. The van der Waals surface area contributed by atoms with Gasteiger partial charge in [-0.2, -0.15) is 5.10 Å². The third-order valence-electron chi connectivity index (χ3n) is 2.93. The van der Waals surface area contributed by atoms with Crippen LogP contribution in [-0.4, -0.2) is 18.2 Å². The summed E-state index contributed by atoms with van der Waals surface area (Å²) in [6.45, 7) is 5.58. The van der Waals surface area contributed by atoms with E-state index in [1.165, 1.54) is 0 Å². The highest BCUT2D eigenvalue weighted by atomic mass is 16.5. The van der Waals surface area contributed by atoms with Crippen LogP contribution < -0.4 is 10.2 Å². The van der Waals surface area contributed by atoms with Crippen molar-refractivity contribution in [1.29, 1.82) is 0 Å². The van der Waals surface area contributed by atoms with Gasteiger partial charge >= 0.3 is 0 Å². The molecule has 2 aromatic rings. The normalized spacial score (nSPS) is 11.3. The van der Waals surface area contributed by atoms with Gasteiger partial charge in [-0.15, -0.1) is 0 Å². The molecule has 1 aromatic carbocycles. The molecule has 1 N–H and O–H groups in total. The van der Waals surface area contributed by atoms with Gasteiger partial charge < -0.3 is 9.15 Å². The predicted octanol–water partition coefficient (Wildman–Crippen LogP) is 2.82. The first kappa shape index (κ1) is 14.8. The Balaban J connectivity index is 1.88. The standard InChI is InChI=1S/C16H18N2O3/c1-11-6-7-12(2)15(9-11)21-10-16(19)18-17-13(3)14-5-4-8-20-14/h4-9H,10H2,1-3H3,(H,18,19). The van der Waals surface area contributed by atoms with E-state index in [1.807, 2.05) is 32.0 Å². The average molecular weight is 286 g/mol. The minimum atomic E-state index is -0.318. The number of hydrogen-bond acceptors (Lipinski definition) is 4. The molecule has 0 radical (unpaired) electrons. The number of nitrogens with zero attached hydrogens (tertiary/aromatic N) is 1. The van der Waals surface area contributed by atoms with Gasteiger partial charge in [-0.25, -0.2) is 5.43 Å². The van der Waals surface area contributed by atoms with Crippen molar-refractivity contribution in [3.63, 3.8) is 0 Å². The molecule has 0 spiro atoms. The molecule has 5 heteroatoms. The van der Waals surface area contributed by atoms with Crippen molar-refractivity contribution < 1.29 is 13.9 Å². The van der Waals surface area contributed by atoms with E-state index in [2.05, 4.69) is 10.5 Å². The fourth-order valence-electron chi connectivity index (χ4n) is 1.72. The number of amides is 1. The molecule has 5 nitrogen and oxygen atoms in total. The molecule has 0 atom stereocenters. The largest absolute Gasteiger partial charge is 0.483 e. The van der Waals surface area contributed by atoms with Crippen LogP contribution in [0.25, 0.3) is 0 Å². The van der Waals surface area contributed by atoms with E-state index in [9.17, 15) is 4.79 Å². The SMILES string of the molecule is CC(=NNC(=O)COc1cc(C)ccc1C)c1ccco1. The Morgan fingerprint density at radius 2 is 2.14 bits per heavy atom. The van der Waals surface area contributed by atoms with Gasteiger partial charge in [-0.3, -0.25) is 4.79 Å². The Kier molecular flexibility index (Phi) is 4.77. The summed E-state index contributed by atoms with van der Waals surface area (Å²) in [7, 11) is 0. The third-order valence-corrected chi connectivity index (χ3v) is 2.93. The lowest BCUT2D eigenvalue weighted by Crippen LogP contribution is -2.25. The number of benzene rings is 1. The minimum absolute atomic E-state index is 0.0841. The second-order valence-corrected chi connectivity index (χ2v) is 4.77. The summed E-state index contributed by atoms with van der Waals surface area (Å²) in [5.74, 6) is 1.00. The summed E-state index contributed by atoms with van der Waals surface area (Å²) >= 11 is 0. The van der Waals surface area contributed by atoms with Crippen molar-refractivity contribution in [3.05, 3.63) is 53.5 Å². The van der Waals surface area contributed by atoms with E-state index in [0.29, 0.717) is 17.2 Å². The van der Waals surface area contributed by atoms with Crippen molar-refractivity contribution in [3.8, 4) is 5.75 Å². The van der Waals surface area contributed by atoms with Crippen LogP contribution in [0, 0.1) is 13.8 Å². The lowest BCUT2D eigenvalue weighted by molar-refractivity contribution is -0.123. The molecule has 0 aliphatic carbocycles. The number of hydrogen-bond donors (Lipinski definition) is 1. The minimum Gasteiger partial charge on any atom is -0.483 e. The summed E-state index contributed by atoms with van der Waals surface area (Å²) in [6, 6.07) is 9.40. The summed E-state index contributed by atoms with van der Waals surface area (Å²) in [5.41, 5.74) is 5.11. The molecule has 0 saturated carbocycles. The topological polar surface area (TPSA) is 63.8 Å². The van der Waals surface area contributed by atoms with E-state index >= 15 is 0 Å². The smallest absolute Gasteiger partial charge is 0.277 e. The lowest BCUT2D eigenvalue weighted by Gasteiger charge is -2.09. The zero-order chi connectivity index (χ0) is 15.2. The van der Waals surface area contributed by atoms with Gasteiger partial charge in [0.25, 0.3) is 5.91 Å². The van der Waals surface area contributed by atoms with Gasteiger partial charge in [0, 0.05) is 0 Å². The molecule has 0 aliphatic heterocycles. The Morgan fingerprint density at radius 1 is 1.33 bits per heavy atom. The number of nitrogens with one attached hydrogen (secondary N) is 1. The maximum absolute atomic E-state index is 11.7. The van der Waals surface area contributed by atoms with E-state index in [-0.39, 0.29) is 12.5 Å². The van der Waals surface area contributed by atoms with Crippen LogP contribution in [0.4, 0.5) is 0 Å². The monoisotopic (exact) mass is 286 g/mol. The highest BCUT2D eigenvalue weighted by Crippen LogP contribution is 2.18. The van der Waals surface area contributed by atoms with Gasteiger partial charge in [0.1, 0.15) is 17.2 Å². The number of carbonyl (C=O) groups excluding carboxylic acids is 1. The van der Waals surface area contributed by atoms with Crippen LogP contribution in [-0.2, 0) is 4.79 Å². The van der Waals surface area contributed by atoms with Crippen LogP contribution in [0.15, 0.2) is 46.1 Å². The van der Waals surface area contributed by atoms with Crippen molar-refractivity contribution >= 4 is 11.6 Å². The van der Waals surface area contributed by atoms with Crippen LogP contribution in [0.3, 0.4) is 0 Å². The highest BCUT2D eigenvalue weighted by Gasteiger charge is 2.06. The van der Waals surface area contributed by atoms with E-state index in [1.54, 1.807) is 25.3 Å². The molecule has 0 saturated heterocycles. The number of furan rings is 1. The molecular weight excluding hydrogens is 268 g/mol. The quantitative estimate of drug-likeness (QED) is 0.679. The van der Waals surface area contributed by atoms with Gasteiger partial charge in [-0.1, -0.05) is 12.1 Å². The zero-order valence-corrected chi connectivity index (χ0v) is 12.3. The first-order chi connectivity index (χ1) is 10.1. The van der Waals surface area contributed by atoms with Crippen LogP contribution in [0.1, 0.15) is 23.8 Å². The van der Waals surface area contributed by atoms with Crippen molar-refractivity contribution in [2.75, 3.05) is 6.61 Å². The Morgan fingerprint density at radius 3 is 2.86 bits per heavy atom. The first-order valence-corrected chi connectivity index (χ1v) is 6.63. The summed E-state index contributed by atoms with van der Waals surface area (Å²) in [5, 5.41) is 3.96. The molecule has 0 aliphatic rings. The predicted molar refractivity (Wildman–Crippen MR) is 80.5 cm³/mol. The third kappa shape index (κ3) is 4.21. The van der Waals surface area contributed by atoms with E-state index in [4.69, 9.17) is 9.15 Å². The molecule has 21 heavy (non-hydrogen) atoms. The van der Waals surface area contributed by atoms with Crippen LogP contribution in [0.2, 0.25) is 0 Å². The number of aryl methyl sites for hydroxylation is 2. The summed E-state index contributed by atoms with van der Waals surface area (Å²) in [6.07, 6.45) is 1.56. The molecule has 0 unspecified atom stereocenters. The molecule has 1 heterocycles. The zero-order valence-electron chi connectivity index (χ0n) is 12.3. The number of ether oxygens (including phenoxy) is 1. The fourth-order valence-corrected chi connectivity index (χ4v) is 1.72. The molecular formula is C16H18N2O3. The molecule has 110 valence electrons. The first-order valence-electron chi connectivity index (χ1n) is 6.63. The Bertz CT molecular complexity index is 646. The lowest BCUT2D eigenvalue weighted by atomic mass is 10.1. The van der Waals surface area contributed by atoms with Crippen LogP contribution in [0.5, 0.6) is 5.75 Å². The van der Waals surface area contributed by atoms with Gasteiger partial charge in [0.15, 0.2) is 6.61 Å². The molecule has 0 fully saturated rings. The number of hydrazone groups is 1. The van der Waals surface area contributed by atoms with E-state index in [0.717, 1.165) is 11.1 Å². The number of rotatable bonds is 5.